The summed E-state index contributed by atoms with van der Waals surface area (Å²) in [4.78, 5) is 37.7. The number of unbranched alkanes of at least 4 members (excludes halogenated alkanes) is 1. The van der Waals surface area contributed by atoms with Crippen molar-refractivity contribution in [3.63, 3.8) is 0 Å². The fraction of sp³-hybridized carbons (Fsp3) is 0.375. The third kappa shape index (κ3) is 4.32. The van der Waals surface area contributed by atoms with Crippen LogP contribution in [0, 0.1) is 0 Å². The molecular formula is C24H28N4O3. The summed E-state index contributed by atoms with van der Waals surface area (Å²) < 4.78 is 1.91. The molecular weight excluding hydrogens is 392 g/mol. The highest BCUT2D eigenvalue weighted by Crippen LogP contribution is 2.22. The summed E-state index contributed by atoms with van der Waals surface area (Å²) in [5.41, 5.74) is 4.07. The summed E-state index contributed by atoms with van der Waals surface area (Å²) in [6.45, 7) is 4.10. The van der Waals surface area contributed by atoms with Gasteiger partial charge in [-0.1, -0.05) is 37.6 Å². The molecule has 5 rings (SSSR count). The topological polar surface area (TPSA) is 96.0 Å². The van der Waals surface area contributed by atoms with Crippen LogP contribution in [0.15, 0.2) is 47.3 Å². The number of imide groups is 1. The highest BCUT2D eigenvalue weighted by molar-refractivity contribution is 6.22. The SMILES string of the molecule is CCCCc1cccc2c1C(=O)NC2=O.O=c1[nH]c2ccccc2n1C1CCNCC1. The maximum absolute atomic E-state index is 11.9. The Kier molecular flexibility index (Phi) is 6.32. The number of hydrogen-bond donors (Lipinski definition) is 3. The largest absolute Gasteiger partial charge is 0.326 e. The van der Waals surface area contributed by atoms with Gasteiger partial charge in [-0.2, -0.15) is 0 Å². The molecule has 7 nitrogen and oxygen atoms in total. The van der Waals surface area contributed by atoms with Crippen molar-refractivity contribution in [2.75, 3.05) is 13.1 Å². The first-order chi connectivity index (χ1) is 15.1. The number of piperidine rings is 1. The minimum Gasteiger partial charge on any atom is -0.317 e. The normalized spacial score (nSPS) is 16.0. The van der Waals surface area contributed by atoms with E-state index in [4.69, 9.17) is 0 Å². The number of nitrogens with one attached hydrogen (secondary N) is 3. The molecule has 0 saturated carbocycles. The van der Waals surface area contributed by atoms with Crippen LogP contribution in [0.5, 0.6) is 0 Å². The number of aromatic amines is 1. The first kappa shape index (κ1) is 21.1. The molecule has 1 aromatic heterocycles. The number of amides is 2. The van der Waals surface area contributed by atoms with E-state index in [2.05, 4.69) is 22.5 Å². The van der Waals surface area contributed by atoms with E-state index in [9.17, 15) is 14.4 Å². The van der Waals surface area contributed by atoms with Gasteiger partial charge in [0.2, 0.25) is 0 Å². The lowest BCUT2D eigenvalue weighted by Gasteiger charge is -2.23. The minimum atomic E-state index is -0.270. The van der Waals surface area contributed by atoms with Gasteiger partial charge in [0.15, 0.2) is 0 Å². The third-order valence-electron chi connectivity index (χ3n) is 5.95. The Morgan fingerprint density at radius 2 is 1.74 bits per heavy atom. The van der Waals surface area contributed by atoms with Crippen molar-refractivity contribution in [1.82, 2.24) is 20.2 Å². The van der Waals surface area contributed by atoms with Crippen molar-refractivity contribution in [2.24, 2.45) is 0 Å². The molecule has 0 radical (unpaired) electrons. The van der Waals surface area contributed by atoms with E-state index in [-0.39, 0.29) is 17.5 Å². The monoisotopic (exact) mass is 420 g/mol. The number of imidazole rings is 1. The Morgan fingerprint density at radius 1 is 0.968 bits per heavy atom. The highest BCUT2D eigenvalue weighted by Gasteiger charge is 2.28. The summed E-state index contributed by atoms with van der Waals surface area (Å²) in [5, 5.41) is 5.64. The van der Waals surface area contributed by atoms with Gasteiger partial charge in [-0.3, -0.25) is 19.5 Å². The molecule has 2 aliphatic heterocycles. The van der Waals surface area contributed by atoms with Crippen LogP contribution in [0.4, 0.5) is 0 Å². The van der Waals surface area contributed by atoms with Gasteiger partial charge in [0, 0.05) is 6.04 Å². The Morgan fingerprint density at radius 3 is 2.52 bits per heavy atom. The predicted molar refractivity (Wildman–Crippen MR) is 121 cm³/mol. The zero-order valence-electron chi connectivity index (χ0n) is 17.7. The summed E-state index contributed by atoms with van der Waals surface area (Å²) in [5.74, 6) is -0.518. The molecule has 31 heavy (non-hydrogen) atoms. The zero-order valence-corrected chi connectivity index (χ0v) is 17.7. The molecule has 2 aromatic carbocycles. The van der Waals surface area contributed by atoms with Crippen LogP contribution in [-0.4, -0.2) is 34.5 Å². The summed E-state index contributed by atoms with van der Waals surface area (Å²) in [7, 11) is 0. The van der Waals surface area contributed by atoms with Gasteiger partial charge >= 0.3 is 5.69 Å². The highest BCUT2D eigenvalue weighted by atomic mass is 16.2. The summed E-state index contributed by atoms with van der Waals surface area (Å²) in [6.07, 6.45) is 5.04. The smallest absolute Gasteiger partial charge is 0.317 e. The fourth-order valence-corrected chi connectivity index (χ4v) is 4.37. The van der Waals surface area contributed by atoms with Crippen LogP contribution >= 0.6 is 0 Å². The van der Waals surface area contributed by atoms with Gasteiger partial charge in [0.1, 0.15) is 0 Å². The second kappa shape index (κ2) is 9.31. The molecule has 0 unspecified atom stereocenters. The van der Waals surface area contributed by atoms with Crippen molar-refractivity contribution < 1.29 is 9.59 Å². The van der Waals surface area contributed by atoms with Gasteiger partial charge in [-0.15, -0.1) is 0 Å². The minimum absolute atomic E-state index is 0.0214. The van der Waals surface area contributed by atoms with E-state index in [0.717, 1.165) is 61.8 Å². The Balaban J connectivity index is 0.000000150. The third-order valence-corrected chi connectivity index (χ3v) is 5.95. The van der Waals surface area contributed by atoms with E-state index in [0.29, 0.717) is 17.2 Å². The molecule has 3 heterocycles. The van der Waals surface area contributed by atoms with Crippen LogP contribution in [0.1, 0.15) is 64.9 Å². The number of H-pyrrole nitrogens is 1. The number of rotatable bonds is 4. The van der Waals surface area contributed by atoms with E-state index in [1.807, 2.05) is 41.0 Å². The Hall–Kier alpha value is -3.19. The average molecular weight is 421 g/mol. The second-order valence-corrected chi connectivity index (χ2v) is 8.02. The number of carbonyl (C=O) groups excluding carboxylic acids is 2. The first-order valence-electron chi connectivity index (χ1n) is 11.0. The van der Waals surface area contributed by atoms with E-state index in [1.165, 1.54) is 0 Å². The van der Waals surface area contributed by atoms with Gasteiger partial charge < -0.3 is 10.3 Å². The van der Waals surface area contributed by atoms with Crippen molar-refractivity contribution in [3.05, 3.63) is 69.6 Å². The van der Waals surface area contributed by atoms with Gasteiger partial charge in [-0.25, -0.2) is 4.79 Å². The van der Waals surface area contributed by atoms with Crippen LogP contribution in [0.25, 0.3) is 11.0 Å². The fourth-order valence-electron chi connectivity index (χ4n) is 4.37. The van der Waals surface area contributed by atoms with Crippen molar-refractivity contribution in [2.45, 2.75) is 45.1 Å². The number of nitrogens with zero attached hydrogens (tertiary/aromatic N) is 1. The maximum atomic E-state index is 11.9. The molecule has 3 aromatic rings. The van der Waals surface area contributed by atoms with Crippen LogP contribution in [-0.2, 0) is 6.42 Å². The molecule has 1 saturated heterocycles. The molecule has 2 amide bonds. The molecule has 0 spiro atoms. The van der Waals surface area contributed by atoms with Crippen molar-refractivity contribution in [1.29, 1.82) is 0 Å². The number of aryl methyl sites for hydroxylation is 1. The summed E-state index contributed by atoms with van der Waals surface area (Å²) in [6, 6.07) is 13.7. The van der Waals surface area contributed by atoms with Gasteiger partial charge in [-0.05, 0) is 62.5 Å². The average Bonchev–Trinajstić information content (AvgIpc) is 3.28. The molecule has 0 aliphatic carbocycles. The molecule has 3 N–H and O–H groups in total. The molecule has 7 heteroatoms. The van der Waals surface area contributed by atoms with Crippen LogP contribution in [0.3, 0.4) is 0 Å². The second-order valence-electron chi connectivity index (χ2n) is 8.02. The van der Waals surface area contributed by atoms with Crippen LogP contribution in [0.2, 0.25) is 0 Å². The number of fused-ring (bicyclic) bond motifs is 2. The molecule has 162 valence electrons. The standard InChI is InChI=1S/C12H15N3O.C12H13NO2/c16-12-14-10-3-1-2-4-11(10)15(12)9-5-7-13-8-6-9;1-2-3-5-8-6-4-7-9-10(8)12(15)13-11(9)14/h1-4,9,13H,5-8H2,(H,14,16);4,6-7H,2-3,5H2,1H3,(H,13,14,15). The van der Waals surface area contributed by atoms with Crippen LogP contribution < -0.4 is 16.3 Å². The van der Waals surface area contributed by atoms with Crippen molar-refractivity contribution >= 4 is 22.8 Å². The van der Waals surface area contributed by atoms with E-state index < -0.39 is 0 Å². The van der Waals surface area contributed by atoms with Crippen molar-refractivity contribution in [3.8, 4) is 0 Å². The lowest BCUT2D eigenvalue weighted by molar-refractivity contribution is 0.0879. The lowest BCUT2D eigenvalue weighted by atomic mass is 9.99. The number of benzene rings is 2. The molecule has 0 bridgehead atoms. The number of carbonyl (C=O) groups is 2. The molecule has 1 fully saturated rings. The molecule has 0 atom stereocenters. The first-order valence-corrected chi connectivity index (χ1v) is 11.0. The number of hydrogen-bond acceptors (Lipinski definition) is 4. The Labute approximate surface area is 180 Å². The Bertz CT molecular complexity index is 1160. The van der Waals surface area contributed by atoms with Gasteiger partial charge in [0.25, 0.3) is 11.8 Å². The molecule has 2 aliphatic rings. The maximum Gasteiger partial charge on any atom is 0.326 e. The lowest BCUT2D eigenvalue weighted by Crippen LogP contribution is -2.33. The quantitative estimate of drug-likeness (QED) is 0.565. The number of para-hydroxylation sites is 2. The summed E-state index contributed by atoms with van der Waals surface area (Å²) >= 11 is 0. The zero-order chi connectivity index (χ0) is 21.8. The van der Waals surface area contributed by atoms with E-state index in [1.54, 1.807) is 6.07 Å². The van der Waals surface area contributed by atoms with Gasteiger partial charge in [0.05, 0.1) is 22.2 Å². The number of aromatic nitrogens is 2. The van der Waals surface area contributed by atoms with E-state index >= 15 is 0 Å². The predicted octanol–water partition coefficient (Wildman–Crippen LogP) is 3.17.